The minimum Gasteiger partial charge on any atom is -0.495 e. The highest BCUT2D eigenvalue weighted by molar-refractivity contribution is 7.04. The minimum atomic E-state index is -0.175. The van der Waals surface area contributed by atoms with Gasteiger partial charge in [0.15, 0.2) is 11.5 Å². The van der Waals surface area contributed by atoms with Gasteiger partial charge in [-0.05, 0) is 41.4 Å². The molecule has 0 fully saturated rings. The van der Waals surface area contributed by atoms with Crippen LogP contribution in [0.1, 0.15) is 6.42 Å². The molecule has 0 bridgehead atoms. The van der Waals surface area contributed by atoms with Crippen molar-refractivity contribution in [2.45, 2.75) is 6.42 Å². The largest absolute Gasteiger partial charge is 0.495 e. The minimum absolute atomic E-state index is 0.175. The van der Waals surface area contributed by atoms with Crippen LogP contribution >= 0.6 is 11.5 Å². The van der Waals surface area contributed by atoms with E-state index in [-0.39, 0.29) is 12.3 Å². The molecular weight excluding hydrogens is 472 g/mol. The second kappa shape index (κ2) is 12.9. The van der Waals surface area contributed by atoms with E-state index in [1.807, 2.05) is 35.7 Å². The highest BCUT2D eigenvalue weighted by Crippen LogP contribution is 2.44. The molecule has 1 N–H and O–H groups in total. The van der Waals surface area contributed by atoms with Crippen molar-refractivity contribution in [2.75, 3.05) is 60.7 Å². The third-order valence-electron chi connectivity index (χ3n) is 5.20. The lowest BCUT2D eigenvalue weighted by Gasteiger charge is -2.15. The van der Waals surface area contributed by atoms with Crippen LogP contribution in [0.3, 0.4) is 0 Å². The zero-order chi connectivity index (χ0) is 25.2. The summed E-state index contributed by atoms with van der Waals surface area (Å²) in [6.07, 6.45) is 0.216. The fourth-order valence-corrected chi connectivity index (χ4v) is 4.18. The number of carbonyl (C=O) groups excluding carboxylic acids is 1. The van der Waals surface area contributed by atoms with Crippen molar-refractivity contribution in [3.05, 3.63) is 35.7 Å². The fraction of sp³-hybridized carbons (Fsp3) is 0.360. The molecule has 0 radical (unpaired) electrons. The van der Waals surface area contributed by atoms with Crippen LogP contribution in [-0.2, 0) is 14.3 Å². The maximum absolute atomic E-state index is 12.5. The van der Waals surface area contributed by atoms with Crippen molar-refractivity contribution < 1.29 is 33.2 Å². The lowest BCUT2D eigenvalue weighted by Crippen LogP contribution is -2.15. The van der Waals surface area contributed by atoms with Gasteiger partial charge in [0.1, 0.15) is 5.75 Å². The molecule has 3 aromatic rings. The van der Waals surface area contributed by atoms with Gasteiger partial charge in [-0.3, -0.25) is 4.79 Å². The second-order valence-electron chi connectivity index (χ2n) is 7.31. The molecule has 0 aliphatic heterocycles. The number of ether oxygens (including phenoxy) is 6. The first kappa shape index (κ1) is 26.3. The van der Waals surface area contributed by atoms with Gasteiger partial charge in [0.25, 0.3) is 0 Å². The summed E-state index contributed by atoms with van der Waals surface area (Å²) in [5.41, 5.74) is 3.89. The van der Waals surface area contributed by atoms with Gasteiger partial charge in [-0.15, -0.1) is 0 Å². The summed E-state index contributed by atoms with van der Waals surface area (Å²) >= 11 is 1.33. The maximum atomic E-state index is 12.5. The number of anilines is 1. The Hall–Kier alpha value is -3.34. The first-order valence-electron chi connectivity index (χ1n) is 10.9. The predicted octanol–water partition coefficient (Wildman–Crippen LogP) is 4.50. The molecule has 1 aromatic heterocycles. The molecule has 35 heavy (non-hydrogen) atoms. The standard InChI is InChI=1S/C25H30N2O7S/c1-29-10-11-34-9-8-23(28)26-19-12-16(6-7-20(19)30-2)18-15-35-27-24(18)17-13-21(31-3)25(33-5)22(14-17)32-4/h6-7,12-15H,8-11H2,1-5H3,(H,26,28). The summed E-state index contributed by atoms with van der Waals surface area (Å²) in [4.78, 5) is 12.5. The lowest BCUT2D eigenvalue weighted by atomic mass is 10.0. The smallest absolute Gasteiger partial charge is 0.226 e. The Morgan fingerprint density at radius 2 is 1.57 bits per heavy atom. The third kappa shape index (κ3) is 6.41. The van der Waals surface area contributed by atoms with Gasteiger partial charge < -0.3 is 33.7 Å². The Labute approximate surface area is 209 Å². The fourth-order valence-electron chi connectivity index (χ4n) is 3.46. The van der Waals surface area contributed by atoms with Gasteiger partial charge in [-0.25, -0.2) is 0 Å². The normalized spacial score (nSPS) is 10.7. The van der Waals surface area contributed by atoms with E-state index in [2.05, 4.69) is 9.69 Å². The zero-order valence-electron chi connectivity index (χ0n) is 20.5. The van der Waals surface area contributed by atoms with Gasteiger partial charge in [0, 0.05) is 23.6 Å². The maximum Gasteiger partial charge on any atom is 0.226 e. The molecule has 188 valence electrons. The summed E-state index contributed by atoms with van der Waals surface area (Å²) in [6, 6.07) is 9.32. The lowest BCUT2D eigenvalue weighted by molar-refractivity contribution is -0.117. The number of nitrogens with zero attached hydrogens (tertiary/aromatic N) is 1. The van der Waals surface area contributed by atoms with Crippen molar-refractivity contribution in [3.8, 4) is 45.4 Å². The van der Waals surface area contributed by atoms with E-state index in [1.165, 1.54) is 11.5 Å². The molecule has 1 heterocycles. The quantitative estimate of drug-likeness (QED) is 0.341. The number of rotatable bonds is 13. The molecule has 0 unspecified atom stereocenters. The molecule has 1 amide bonds. The number of benzene rings is 2. The molecule has 0 aliphatic rings. The summed E-state index contributed by atoms with van der Waals surface area (Å²) < 4.78 is 36.8. The van der Waals surface area contributed by atoms with Crippen molar-refractivity contribution in [2.24, 2.45) is 0 Å². The number of hydrogen-bond acceptors (Lipinski definition) is 9. The third-order valence-corrected chi connectivity index (χ3v) is 5.83. The van der Waals surface area contributed by atoms with Crippen LogP contribution in [0.5, 0.6) is 23.0 Å². The van der Waals surface area contributed by atoms with Crippen LogP contribution in [0.15, 0.2) is 35.7 Å². The Bertz CT molecular complexity index is 1110. The number of hydrogen-bond donors (Lipinski definition) is 1. The highest BCUT2D eigenvalue weighted by atomic mass is 32.1. The van der Waals surface area contributed by atoms with Crippen LogP contribution in [0.25, 0.3) is 22.4 Å². The first-order valence-corrected chi connectivity index (χ1v) is 11.7. The van der Waals surface area contributed by atoms with E-state index in [0.717, 1.165) is 22.4 Å². The predicted molar refractivity (Wildman–Crippen MR) is 135 cm³/mol. The molecule has 10 heteroatoms. The van der Waals surface area contributed by atoms with Gasteiger partial charge in [-0.2, -0.15) is 4.37 Å². The Morgan fingerprint density at radius 1 is 0.857 bits per heavy atom. The Morgan fingerprint density at radius 3 is 2.20 bits per heavy atom. The average molecular weight is 503 g/mol. The van der Waals surface area contributed by atoms with Crippen LogP contribution in [-0.4, -0.2) is 65.7 Å². The topological polar surface area (TPSA) is 97.4 Å². The van der Waals surface area contributed by atoms with E-state index in [9.17, 15) is 4.79 Å². The van der Waals surface area contributed by atoms with Gasteiger partial charge >= 0.3 is 0 Å². The van der Waals surface area contributed by atoms with Gasteiger partial charge in [0.2, 0.25) is 11.7 Å². The monoisotopic (exact) mass is 502 g/mol. The molecule has 0 saturated carbocycles. The molecule has 0 atom stereocenters. The van der Waals surface area contributed by atoms with Crippen molar-refractivity contribution >= 4 is 23.1 Å². The molecule has 0 saturated heterocycles. The first-order chi connectivity index (χ1) is 17.1. The van der Waals surface area contributed by atoms with E-state index in [1.54, 1.807) is 35.5 Å². The molecule has 3 rings (SSSR count). The van der Waals surface area contributed by atoms with Gasteiger partial charge in [0.05, 0.1) is 66.1 Å². The summed E-state index contributed by atoms with van der Waals surface area (Å²) in [5.74, 6) is 1.97. The number of nitrogens with one attached hydrogen (secondary N) is 1. The second-order valence-corrected chi connectivity index (χ2v) is 7.94. The van der Waals surface area contributed by atoms with E-state index < -0.39 is 0 Å². The number of methoxy groups -OCH3 is 5. The summed E-state index contributed by atoms with van der Waals surface area (Å²) in [6.45, 7) is 1.23. The number of amides is 1. The van der Waals surface area contributed by atoms with Crippen molar-refractivity contribution in [1.82, 2.24) is 4.37 Å². The van der Waals surface area contributed by atoms with Crippen LogP contribution in [0.4, 0.5) is 5.69 Å². The molecule has 2 aromatic carbocycles. The average Bonchev–Trinajstić information content (AvgIpc) is 3.37. The van der Waals surface area contributed by atoms with Crippen molar-refractivity contribution in [3.63, 3.8) is 0 Å². The van der Waals surface area contributed by atoms with Crippen LogP contribution < -0.4 is 24.3 Å². The molecular formula is C25H30N2O7S. The van der Waals surface area contributed by atoms with Crippen molar-refractivity contribution in [1.29, 1.82) is 0 Å². The van der Waals surface area contributed by atoms with E-state index in [0.29, 0.717) is 48.5 Å². The van der Waals surface area contributed by atoms with E-state index in [4.69, 9.17) is 28.4 Å². The van der Waals surface area contributed by atoms with Gasteiger partial charge in [-0.1, -0.05) is 6.07 Å². The molecule has 0 aliphatic carbocycles. The van der Waals surface area contributed by atoms with E-state index >= 15 is 0 Å². The zero-order valence-corrected chi connectivity index (χ0v) is 21.3. The van der Waals surface area contributed by atoms with Crippen LogP contribution in [0.2, 0.25) is 0 Å². The van der Waals surface area contributed by atoms with Crippen LogP contribution in [0, 0.1) is 0 Å². The number of aromatic nitrogens is 1. The molecule has 9 nitrogen and oxygen atoms in total. The number of carbonyl (C=O) groups is 1. The summed E-state index contributed by atoms with van der Waals surface area (Å²) in [5, 5.41) is 4.87. The SMILES string of the molecule is COCCOCCC(=O)Nc1cc(-c2csnc2-c2cc(OC)c(OC)c(OC)c2)ccc1OC. The summed E-state index contributed by atoms with van der Waals surface area (Å²) in [7, 11) is 7.87. The Balaban J connectivity index is 1.89. The Kier molecular flexibility index (Phi) is 9.71. The molecule has 0 spiro atoms. The highest BCUT2D eigenvalue weighted by Gasteiger charge is 2.19.